The molecule has 0 unspecified atom stereocenters. The normalized spacial score (nSPS) is 12.0. The molecule has 1 atom stereocenters. The third-order valence-corrected chi connectivity index (χ3v) is 8.54. The number of rotatable bonds is 15. The second kappa shape index (κ2) is 15.8. The molecule has 3 rings (SSSR count). The molecular weight excluding hydrogens is 570 g/mol. The zero-order valence-corrected chi connectivity index (χ0v) is 26.5. The summed E-state index contributed by atoms with van der Waals surface area (Å²) < 4.78 is 26.9. The standard InChI is InChI=1S/C33H42ClN3O4S/c1-5-6-19-35-33(39)31(23-27-12-8-7-9-13-27)36(24-28-14-10-15-29(34)22-28)32(38)16-11-20-37(42(4,40)41)30-21-25(2)17-18-26(30)3/h7-10,12-15,17-18,21-22,31H,5-6,11,16,19-20,23-24H2,1-4H3,(H,35,39)/t31-/m0/s1. The van der Waals surface area contributed by atoms with E-state index in [9.17, 15) is 18.0 Å². The number of aryl methyl sites for hydroxylation is 2. The van der Waals surface area contributed by atoms with Crippen LogP contribution in [-0.2, 0) is 32.6 Å². The number of unbranched alkanes of at least 4 members (excludes halogenated alkanes) is 1. The van der Waals surface area contributed by atoms with E-state index in [0.29, 0.717) is 30.1 Å². The van der Waals surface area contributed by atoms with E-state index < -0.39 is 16.1 Å². The molecule has 0 saturated heterocycles. The summed E-state index contributed by atoms with van der Waals surface area (Å²) in [6.07, 6.45) is 3.67. The second-order valence-electron chi connectivity index (χ2n) is 10.7. The van der Waals surface area contributed by atoms with E-state index in [2.05, 4.69) is 12.2 Å². The van der Waals surface area contributed by atoms with Crippen molar-refractivity contribution in [1.29, 1.82) is 0 Å². The Morgan fingerprint density at radius 1 is 0.929 bits per heavy atom. The van der Waals surface area contributed by atoms with Crippen LogP contribution in [0.5, 0.6) is 0 Å². The lowest BCUT2D eigenvalue weighted by atomic mass is 10.0. The fourth-order valence-corrected chi connectivity index (χ4v) is 6.09. The molecule has 1 N–H and O–H groups in total. The number of carbonyl (C=O) groups is 2. The van der Waals surface area contributed by atoms with Gasteiger partial charge in [-0.1, -0.05) is 79.5 Å². The van der Waals surface area contributed by atoms with Gasteiger partial charge in [0.1, 0.15) is 6.04 Å². The molecule has 42 heavy (non-hydrogen) atoms. The zero-order chi connectivity index (χ0) is 30.7. The van der Waals surface area contributed by atoms with E-state index in [-0.39, 0.29) is 31.3 Å². The van der Waals surface area contributed by atoms with Crippen molar-refractivity contribution in [2.45, 2.75) is 65.5 Å². The third kappa shape index (κ3) is 9.88. The van der Waals surface area contributed by atoms with Gasteiger partial charge in [0.15, 0.2) is 0 Å². The highest BCUT2D eigenvalue weighted by Gasteiger charge is 2.30. The van der Waals surface area contributed by atoms with Crippen LogP contribution < -0.4 is 9.62 Å². The smallest absolute Gasteiger partial charge is 0.243 e. The summed E-state index contributed by atoms with van der Waals surface area (Å²) in [6.45, 7) is 6.71. The van der Waals surface area contributed by atoms with Crippen LogP contribution in [-0.4, -0.2) is 50.5 Å². The highest BCUT2D eigenvalue weighted by molar-refractivity contribution is 7.92. The van der Waals surface area contributed by atoms with Crippen molar-refractivity contribution in [1.82, 2.24) is 10.2 Å². The number of benzene rings is 3. The monoisotopic (exact) mass is 611 g/mol. The highest BCUT2D eigenvalue weighted by Crippen LogP contribution is 2.25. The van der Waals surface area contributed by atoms with Crippen LogP contribution in [0.2, 0.25) is 5.02 Å². The number of nitrogens with zero attached hydrogens (tertiary/aromatic N) is 2. The number of hydrogen-bond acceptors (Lipinski definition) is 4. The molecule has 2 amide bonds. The number of anilines is 1. The summed E-state index contributed by atoms with van der Waals surface area (Å²) >= 11 is 6.26. The minimum absolute atomic E-state index is 0.0744. The van der Waals surface area contributed by atoms with Crippen LogP contribution in [0.4, 0.5) is 5.69 Å². The van der Waals surface area contributed by atoms with Crippen molar-refractivity contribution in [2.75, 3.05) is 23.7 Å². The summed E-state index contributed by atoms with van der Waals surface area (Å²) in [4.78, 5) is 29.1. The Morgan fingerprint density at radius 3 is 2.31 bits per heavy atom. The lowest BCUT2D eigenvalue weighted by Crippen LogP contribution is -2.50. The molecule has 3 aromatic rings. The molecule has 0 bridgehead atoms. The fraction of sp³-hybridized carbons (Fsp3) is 0.394. The molecule has 0 aliphatic rings. The van der Waals surface area contributed by atoms with E-state index in [1.165, 1.54) is 10.6 Å². The van der Waals surface area contributed by atoms with E-state index in [4.69, 9.17) is 11.6 Å². The Labute approximate surface area is 255 Å². The maximum absolute atomic E-state index is 13.9. The molecule has 0 heterocycles. The molecule has 0 saturated carbocycles. The first-order chi connectivity index (χ1) is 20.0. The SMILES string of the molecule is CCCCNC(=O)[C@H](Cc1ccccc1)N(Cc1cccc(Cl)c1)C(=O)CCCN(c1cc(C)ccc1C)S(C)(=O)=O. The molecular formula is C33H42ClN3O4S. The molecule has 0 aliphatic heterocycles. The number of amides is 2. The van der Waals surface area contributed by atoms with Crippen LogP contribution in [0.15, 0.2) is 72.8 Å². The average molecular weight is 612 g/mol. The summed E-state index contributed by atoms with van der Waals surface area (Å²) in [5.74, 6) is -0.438. The summed E-state index contributed by atoms with van der Waals surface area (Å²) in [5.41, 5.74) is 4.15. The Balaban J connectivity index is 1.89. The average Bonchev–Trinajstić information content (AvgIpc) is 2.94. The van der Waals surface area contributed by atoms with Crippen molar-refractivity contribution in [3.8, 4) is 0 Å². The molecule has 0 fully saturated rings. The summed E-state index contributed by atoms with van der Waals surface area (Å²) in [6, 6.07) is 21.8. The Kier molecular flexibility index (Phi) is 12.4. The predicted molar refractivity (Wildman–Crippen MR) is 171 cm³/mol. The number of carbonyl (C=O) groups excluding carboxylic acids is 2. The number of hydrogen-bond donors (Lipinski definition) is 1. The minimum atomic E-state index is -3.58. The van der Waals surface area contributed by atoms with Crippen molar-refractivity contribution in [3.63, 3.8) is 0 Å². The molecule has 9 heteroatoms. The van der Waals surface area contributed by atoms with Crippen LogP contribution in [0.25, 0.3) is 0 Å². The summed E-state index contributed by atoms with van der Waals surface area (Å²) in [5, 5.41) is 3.56. The summed E-state index contributed by atoms with van der Waals surface area (Å²) in [7, 11) is -3.58. The first-order valence-electron chi connectivity index (χ1n) is 14.4. The number of nitrogens with one attached hydrogen (secondary N) is 1. The van der Waals surface area contributed by atoms with Crippen molar-refractivity contribution < 1.29 is 18.0 Å². The quantitative estimate of drug-likeness (QED) is 0.212. The molecule has 226 valence electrons. The zero-order valence-electron chi connectivity index (χ0n) is 25.0. The van der Waals surface area contributed by atoms with Gasteiger partial charge in [-0.25, -0.2) is 8.42 Å². The van der Waals surface area contributed by atoms with E-state index in [1.54, 1.807) is 17.0 Å². The van der Waals surface area contributed by atoms with Gasteiger partial charge in [-0.05, 0) is 67.1 Å². The maximum atomic E-state index is 13.9. The van der Waals surface area contributed by atoms with Crippen LogP contribution >= 0.6 is 11.6 Å². The molecule has 0 aliphatic carbocycles. The van der Waals surface area contributed by atoms with Gasteiger partial charge in [-0.3, -0.25) is 13.9 Å². The van der Waals surface area contributed by atoms with Crippen molar-refractivity contribution in [3.05, 3.63) is 100 Å². The molecule has 3 aromatic carbocycles. The first kappa shape index (κ1) is 33.1. The third-order valence-electron chi connectivity index (χ3n) is 7.13. The van der Waals surface area contributed by atoms with Crippen LogP contribution in [0.1, 0.15) is 54.9 Å². The Morgan fingerprint density at radius 2 is 1.64 bits per heavy atom. The number of sulfonamides is 1. The van der Waals surface area contributed by atoms with Gasteiger partial charge in [-0.15, -0.1) is 0 Å². The lowest BCUT2D eigenvalue weighted by Gasteiger charge is -2.32. The van der Waals surface area contributed by atoms with E-state index in [0.717, 1.165) is 35.1 Å². The predicted octanol–water partition coefficient (Wildman–Crippen LogP) is 6.06. The van der Waals surface area contributed by atoms with Gasteiger partial charge >= 0.3 is 0 Å². The van der Waals surface area contributed by atoms with Crippen molar-refractivity contribution in [2.24, 2.45) is 0 Å². The fourth-order valence-electron chi connectivity index (χ4n) is 4.86. The van der Waals surface area contributed by atoms with Crippen LogP contribution in [0.3, 0.4) is 0 Å². The lowest BCUT2D eigenvalue weighted by molar-refractivity contribution is -0.141. The topological polar surface area (TPSA) is 86.8 Å². The second-order valence-corrected chi connectivity index (χ2v) is 13.1. The molecule has 0 spiro atoms. The molecule has 0 aromatic heterocycles. The van der Waals surface area contributed by atoms with E-state index >= 15 is 0 Å². The molecule has 7 nitrogen and oxygen atoms in total. The van der Waals surface area contributed by atoms with Gasteiger partial charge in [0.25, 0.3) is 0 Å². The van der Waals surface area contributed by atoms with Gasteiger partial charge in [0.2, 0.25) is 21.8 Å². The molecule has 0 radical (unpaired) electrons. The van der Waals surface area contributed by atoms with Gasteiger partial charge in [-0.2, -0.15) is 0 Å². The Hall–Kier alpha value is -3.36. The minimum Gasteiger partial charge on any atom is -0.354 e. The van der Waals surface area contributed by atoms with Gasteiger partial charge in [0, 0.05) is 37.5 Å². The van der Waals surface area contributed by atoms with Gasteiger partial charge < -0.3 is 10.2 Å². The maximum Gasteiger partial charge on any atom is 0.243 e. The Bertz CT molecular complexity index is 1450. The number of halogens is 1. The largest absolute Gasteiger partial charge is 0.354 e. The first-order valence-corrected chi connectivity index (χ1v) is 16.6. The highest BCUT2D eigenvalue weighted by atomic mass is 35.5. The van der Waals surface area contributed by atoms with Gasteiger partial charge in [0.05, 0.1) is 11.9 Å². The van der Waals surface area contributed by atoms with E-state index in [1.807, 2.05) is 74.5 Å². The van der Waals surface area contributed by atoms with Crippen LogP contribution in [0, 0.1) is 13.8 Å². The van der Waals surface area contributed by atoms with Crippen molar-refractivity contribution >= 4 is 39.1 Å².